The Labute approximate surface area is 117 Å². The minimum absolute atomic E-state index is 0.0151. The molecule has 0 aliphatic heterocycles. The van der Waals surface area contributed by atoms with Crippen LogP contribution in [-0.4, -0.2) is 23.0 Å². The van der Waals surface area contributed by atoms with Gasteiger partial charge in [0.1, 0.15) is 16.7 Å². The molecule has 0 fully saturated rings. The van der Waals surface area contributed by atoms with Crippen LogP contribution in [0.15, 0.2) is 34.4 Å². The van der Waals surface area contributed by atoms with Crippen LogP contribution in [0.25, 0.3) is 0 Å². The summed E-state index contributed by atoms with van der Waals surface area (Å²) in [6.45, 7) is 0. The van der Waals surface area contributed by atoms with Crippen LogP contribution < -0.4 is 5.73 Å². The molecule has 1 heterocycles. The number of benzene rings is 1. The van der Waals surface area contributed by atoms with Crippen molar-refractivity contribution in [3.05, 3.63) is 41.9 Å². The zero-order valence-corrected chi connectivity index (χ0v) is 11.1. The average molecular weight is 297 g/mol. The summed E-state index contributed by atoms with van der Waals surface area (Å²) in [5.41, 5.74) is 5.26. The molecule has 0 spiro atoms. The number of carbonyl (C=O) groups excluding carboxylic acids is 1. The van der Waals surface area contributed by atoms with Crippen LogP contribution in [0.5, 0.6) is 0 Å². The van der Waals surface area contributed by atoms with E-state index in [0.29, 0.717) is 11.8 Å². The van der Waals surface area contributed by atoms with Gasteiger partial charge in [-0.25, -0.2) is 18.6 Å². The molecule has 0 saturated heterocycles. The zero-order chi connectivity index (χ0) is 14.7. The molecule has 0 atom stereocenters. The van der Waals surface area contributed by atoms with Crippen LogP contribution in [0.2, 0.25) is 0 Å². The highest BCUT2D eigenvalue weighted by Crippen LogP contribution is 2.31. The van der Waals surface area contributed by atoms with E-state index in [1.165, 1.54) is 19.5 Å². The number of ether oxygens (including phenoxy) is 1. The molecule has 0 aliphatic rings. The maximum Gasteiger partial charge on any atom is 0.358 e. The van der Waals surface area contributed by atoms with Gasteiger partial charge in [-0.2, -0.15) is 0 Å². The summed E-state index contributed by atoms with van der Waals surface area (Å²) in [6.07, 6.45) is 2.48. The van der Waals surface area contributed by atoms with Crippen molar-refractivity contribution in [3.8, 4) is 0 Å². The van der Waals surface area contributed by atoms with Crippen LogP contribution in [-0.2, 0) is 4.74 Å². The monoisotopic (exact) mass is 297 g/mol. The van der Waals surface area contributed by atoms with Crippen LogP contribution >= 0.6 is 11.8 Å². The van der Waals surface area contributed by atoms with E-state index in [9.17, 15) is 13.6 Å². The topological polar surface area (TPSA) is 78.1 Å². The molecular formula is C12H9F2N3O2S. The maximum absolute atomic E-state index is 13.6. The lowest BCUT2D eigenvalue weighted by Crippen LogP contribution is -2.05. The summed E-state index contributed by atoms with van der Waals surface area (Å²) in [5, 5.41) is 0.162. The summed E-state index contributed by atoms with van der Waals surface area (Å²) < 4.78 is 31.8. The number of rotatable bonds is 3. The van der Waals surface area contributed by atoms with Gasteiger partial charge < -0.3 is 10.5 Å². The first kappa shape index (κ1) is 14.2. The molecule has 0 aliphatic carbocycles. The summed E-state index contributed by atoms with van der Waals surface area (Å²) in [5.74, 6) is -2.30. The van der Waals surface area contributed by atoms with Gasteiger partial charge in [0.15, 0.2) is 5.69 Å². The molecule has 0 bridgehead atoms. The second-order valence-electron chi connectivity index (χ2n) is 3.65. The molecule has 2 N–H and O–H groups in total. The van der Waals surface area contributed by atoms with Crippen molar-refractivity contribution >= 4 is 23.4 Å². The van der Waals surface area contributed by atoms with Gasteiger partial charge >= 0.3 is 5.97 Å². The van der Waals surface area contributed by atoms with Crippen molar-refractivity contribution < 1.29 is 18.3 Å². The van der Waals surface area contributed by atoms with Crippen molar-refractivity contribution in [2.24, 2.45) is 0 Å². The van der Waals surface area contributed by atoms with Crippen LogP contribution in [0.4, 0.5) is 14.5 Å². The van der Waals surface area contributed by atoms with Gasteiger partial charge in [0.25, 0.3) is 0 Å². The Morgan fingerprint density at radius 2 is 1.95 bits per heavy atom. The Morgan fingerprint density at radius 3 is 2.55 bits per heavy atom. The Balaban J connectivity index is 2.33. The van der Waals surface area contributed by atoms with E-state index >= 15 is 0 Å². The number of nitrogens with two attached hydrogens (primary N) is 1. The largest absolute Gasteiger partial charge is 0.464 e. The molecule has 20 heavy (non-hydrogen) atoms. The second kappa shape index (κ2) is 5.83. The summed E-state index contributed by atoms with van der Waals surface area (Å²) in [7, 11) is 1.20. The molecule has 1 aromatic heterocycles. The standard InChI is InChI=1S/C12H9F2N3O2S/c1-19-12(18)9-4-16-5-10(17-9)20-11-7(13)2-6(15)3-8(11)14/h2-5H,15H2,1H3. The number of hydrogen-bond donors (Lipinski definition) is 1. The average Bonchev–Trinajstić information content (AvgIpc) is 2.42. The van der Waals surface area contributed by atoms with Gasteiger partial charge in [0, 0.05) is 5.69 Å². The van der Waals surface area contributed by atoms with Crippen molar-refractivity contribution in [1.29, 1.82) is 0 Å². The lowest BCUT2D eigenvalue weighted by atomic mass is 10.3. The third-order valence-corrected chi connectivity index (χ3v) is 3.23. The number of esters is 1. The molecule has 0 amide bonds. The molecule has 104 valence electrons. The Kier molecular flexibility index (Phi) is 4.14. The van der Waals surface area contributed by atoms with E-state index in [2.05, 4.69) is 14.7 Å². The molecule has 0 saturated carbocycles. The molecule has 0 radical (unpaired) electrons. The summed E-state index contributed by atoms with van der Waals surface area (Å²) in [4.78, 5) is 18.7. The number of aromatic nitrogens is 2. The first-order valence-electron chi connectivity index (χ1n) is 5.34. The van der Waals surface area contributed by atoms with Gasteiger partial charge in [-0.05, 0) is 12.1 Å². The van der Waals surface area contributed by atoms with E-state index in [1.807, 2.05) is 0 Å². The smallest absolute Gasteiger partial charge is 0.358 e. The number of nitrogen functional groups attached to an aromatic ring is 1. The Morgan fingerprint density at radius 1 is 1.30 bits per heavy atom. The van der Waals surface area contributed by atoms with E-state index in [4.69, 9.17) is 5.73 Å². The molecule has 5 nitrogen and oxygen atoms in total. The fourth-order valence-electron chi connectivity index (χ4n) is 1.38. The lowest BCUT2D eigenvalue weighted by molar-refractivity contribution is 0.0592. The van der Waals surface area contributed by atoms with Gasteiger partial charge in [-0.1, -0.05) is 11.8 Å². The van der Waals surface area contributed by atoms with Gasteiger partial charge in [0.2, 0.25) is 0 Å². The number of halogens is 2. The van der Waals surface area contributed by atoms with Gasteiger partial charge in [-0.3, -0.25) is 4.98 Å². The number of nitrogens with zero attached hydrogens (tertiary/aromatic N) is 2. The van der Waals surface area contributed by atoms with Crippen LogP contribution in [0.3, 0.4) is 0 Å². The first-order chi connectivity index (χ1) is 9.51. The number of hydrogen-bond acceptors (Lipinski definition) is 6. The second-order valence-corrected chi connectivity index (χ2v) is 4.68. The fourth-order valence-corrected chi connectivity index (χ4v) is 2.16. The normalized spacial score (nSPS) is 10.3. The van der Waals surface area contributed by atoms with E-state index in [-0.39, 0.29) is 21.3 Å². The summed E-state index contributed by atoms with van der Waals surface area (Å²) in [6, 6.07) is 2.01. The highest BCUT2D eigenvalue weighted by Gasteiger charge is 2.15. The molecule has 1 aromatic carbocycles. The Hall–Kier alpha value is -2.22. The molecule has 0 unspecified atom stereocenters. The van der Waals surface area contributed by atoms with Crippen molar-refractivity contribution in [3.63, 3.8) is 0 Å². The highest BCUT2D eigenvalue weighted by molar-refractivity contribution is 7.99. The van der Waals surface area contributed by atoms with Crippen molar-refractivity contribution in [2.75, 3.05) is 12.8 Å². The predicted octanol–water partition coefficient (Wildman–Crippen LogP) is 2.27. The highest BCUT2D eigenvalue weighted by atomic mass is 32.2. The minimum atomic E-state index is -0.808. The van der Waals surface area contributed by atoms with Gasteiger partial charge in [0.05, 0.1) is 24.4 Å². The van der Waals surface area contributed by atoms with Crippen LogP contribution in [0, 0.1) is 11.6 Å². The summed E-state index contributed by atoms with van der Waals surface area (Å²) >= 11 is 0.705. The van der Waals surface area contributed by atoms with Gasteiger partial charge in [-0.15, -0.1) is 0 Å². The van der Waals surface area contributed by atoms with Crippen molar-refractivity contribution in [1.82, 2.24) is 9.97 Å². The molecule has 2 rings (SSSR count). The van der Waals surface area contributed by atoms with Crippen LogP contribution in [0.1, 0.15) is 10.5 Å². The first-order valence-corrected chi connectivity index (χ1v) is 6.15. The lowest BCUT2D eigenvalue weighted by Gasteiger charge is -2.06. The Bertz CT molecular complexity index is 644. The van der Waals surface area contributed by atoms with Crippen molar-refractivity contribution in [2.45, 2.75) is 9.92 Å². The predicted molar refractivity (Wildman–Crippen MR) is 68.3 cm³/mol. The number of carbonyl (C=O) groups is 1. The van der Waals surface area contributed by atoms with E-state index < -0.39 is 17.6 Å². The molecule has 8 heteroatoms. The molecular weight excluding hydrogens is 288 g/mol. The number of anilines is 1. The number of methoxy groups -OCH3 is 1. The molecule has 2 aromatic rings. The third-order valence-electron chi connectivity index (χ3n) is 2.23. The minimum Gasteiger partial charge on any atom is -0.464 e. The van der Waals surface area contributed by atoms with E-state index in [1.54, 1.807) is 0 Å². The quantitative estimate of drug-likeness (QED) is 0.691. The third kappa shape index (κ3) is 3.02. The zero-order valence-electron chi connectivity index (χ0n) is 10.3. The van der Waals surface area contributed by atoms with E-state index in [0.717, 1.165) is 12.1 Å². The SMILES string of the molecule is COC(=O)c1cncc(Sc2c(F)cc(N)cc2F)n1. The fraction of sp³-hybridized carbons (Fsp3) is 0.0833. The maximum atomic E-state index is 13.6.